The van der Waals surface area contributed by atoms with E-state index >= 15 is 0 Å². The summed E-state index contributed by atoms with van der Waals surface area (Å²) in [6, 6.07) is 0.202. The second kappa shape index (κ2) is 8.24. The fraction of sp³-hybridized carbons (Fsp3) is 0.846. The van der Waals surface area contributed by atoms with Crippen molar-refractivity contribution in [3.05, 3.63) is 12.2 Å². The molecule has 6 heteroatoms. The molecule has 1 heterocycles. The highest BCUT2D eigenvalue weighted by Gasteiger charge is 2.14. The number of nitrogens with one attached hydrogen (secondary N) is 1. The minimum atomic E-state index is 0.202. The first-order valence-electron chi connectivity index (χ1n) is 6.92. The van der Waals surface area contributed by atoms with Crippen molar-refractivity contribution >= 4 is 0 Å². The van der Waals surface area contributed by atoms with Gasteiger partial charge in [-0.05, 0) is 25.7 Å². The predicted molar refractivity (Wildman–Crippen MR) is 75.4 cm³/mol. The number of hydrogen-bond donors (Lipinski definition) is 2. The SMILES string of the molecule is COC(C)CCC(Cc1ncnn1CC(C)C)NN. The van der Waals surface area contributed by atoms with Crippen LogP contribution >= 0.6 is 0 Å². The smallest absolute Gasteiger partial charge is 0.138 e. The molecule has 0 aliphatic rings. The number of aromatic nitrogens is 3. The summed E-state index contributed by atoms with van der Waals surface area (Å²) in [4.78, 5) is 4.33. The van der Waals surface area contributed by atoms with Crippen LogP contribution in [0.1, 0.15) is 39.4 Å². The van der Waals surface area contributed by atoms with Crippen molar-refractivity contribution in [2.45, 2.75) is 58.7 Å². The Morgan fingerprint density at radius 2 is 2.11 bits per heavy atom. The standard InChI is InChI=1S/C13H27N5O/c1-10(2)8-18-13(15-9-16-18)7-12(17-14)6-5-11(3)19-4/h9-12,17H,5-8,14H2,1-4H3. The average molecular weight is 269 g/mol. The number of nitrogens with zero attached hydrogens (tertiary/aromatic N) is 3. The van der Waals surface area contributed by atoms with Gasteiger partial charge in [0.2, 0.25) is 0 Å². The fourth-order valence-electron chi connectivity index (χ4n) is 1.96. The minimum Gasteiger partial charge on any atom is -0.382 e. The van der Waals surface area contributed by atoms with Crippen molar-refractivity contribution in [1.82, 2.24) is 20.2 Å². The minimum absolute atomic E-state index is 0.202. The number of methoxy groups -OCH3 is 1. The van der Waals surface area contributed by atoms with Gasteiger partial charge in [0.05, 0.1) is 6.10 Å². The Labute approximate surface area is 115 Å². The summed E-state index contributed by atoms with van der Waals surface area (Å²) in [5.74, 6) is 7.16. The average Bonchev–Trinajstić information content (AvgIpc) is 2.80. The molecule has 0 aromatic carbocycles. The third-order valence-electron chi connectivity index (χ3n) is 3.22. The molecule has 0 saturated heterocycles. The third kappa shape index (κ3) is 5.67. The van der Waals surface area contributed by atoms with Gasteiger partial charge in [-0.3, -0.25) is 11.3 Å². The van der Waals surface area contributed by atoms with Crippen LogP contribution in [0.15, 0.2) is 6.33 Å². The van der Waals surface area contributed by atoms with Crippen LogP contribution in [0, 0.1) is 5.92 Å². The lowest BCUT2D eigenvalue weighted by molar-refractivity contribution is 0.106. The second-order valence-electron chi connectivity index (χ2n) is 5.44. The molecule has 0 saturated carbocycles. The number of hydrogen-bond acceptors (Lipinski definition) is 5. The highest BCUT2D eigenvalue weighted by atomic mass is 16.5. The molecule has 1 aromatic heterocycles. The molecular formula is C13H27N5O. The van der Waals surface area contributed by atoms with Gasteiger partial charge in [0.15, 0.2) is 0 Å². The molecule has 6 nitrogen and oxygen atoms in total. The zero-order valence-electron chi connectivity index (χ0n) is 12.5. The molecule has 0 spiro atoms. The van der Waals surface area contributed by atoms with Crippen molar-refractivity contribution in [2.75, 3.05) is 7.11 Å². The fourth-order valence-corrected chi connectivity index (χ4v) is 1.96. The lowest BCUT2D eigenvalue weighted by Gasteiger charge is -2.18. The summed E-state index contributed by atoms with van der Waals surface area (Å²) in [5.41, 5.74) is 2.86. The van der Waals surface area contributed by atoms with Crippen LogP contribution in [0.2, 0.25) is 0 Å². The summed E-state index contributed by atoms with van der Waals surface area (Å²) >= 11 is 0. The number of ether oxygens (including phenoxy) is 1. The zero-order chi connectivity index (χ0) is 14.3. The Balaban J connectivity index is 2.53. The van der Waals surface area contributed by atoms with E-state index in [2.05, 4.69) is 36.3 Å². The van der Waals surface area contributed by atoms with E-state index < -0.39 is 0 Å². The van der Waals surface area contributed by atoms with Gasteiger partial charge < -0.3 is 4.74 Å². The van der Waals surface area contributed by atoms with E-state index in [1.165, 1.54) is 0 Å². The quantitative estimate of drug-likeness (QED) is 0.519. The molecule has 0 radical (unpaired) electrons. The van der Waals surface area contributed by atoms with Crippen LogP contribution in [0.3, 0.4) is 0 Å². The van der Waals surface area contributed by atoms with Gasteiger partial charge in [0.25, 0.3) is 0 Å². The molecule has 1 aromatic rings. The summed E-state index contributed by atoms with van der Waals surface area (Å²) in [7, 11) is 1.73. The molecule has 0 aliphatic heterocycles. The van der Waals surface area contributed by atoms with Crippen LogP contribution in [-0.2, 0) is 17.7 Å². The van der Waals surface area contributed by atoms with Crippen LogP contribution in [0.4, 0.5) is 0 Å². The lowest BCUT2D eigenvalue weighted by atomic mass is 10.1. The molecule has 0 amide bonds. The first kappa shape index (κ1) is 16.1. The van der Waals surface area contributed by atoms with Crippen LogP contribution in [0.25, 0.3) is 0 Å². The number of rotatable bonds is 9. The normalized spacial score (nSPS) is 14.8. The van der Waals surface area contributed by atoms with E-state index in [9.17, 15) is 0 Å². The molecule has 2 unspecified atom stereocenters. The van der Waals surface area contributed by atoms with Crippen molar-refractivity contribution in [3.63, 3.8) is 0 Å². The van der Waals surface area contributed by atoms with Crippen LogP contribution in [0.5, 0.6) is 0 Å². The van der Waals surface area contributed by atoms with Gasteiger partial charge in [-0.15, -0.1) is 0 Å². The molecule has 19 heavy (non-hydrogen) atoms. The zero-order valence-corrected chi connectivity index (χ0v) is 12.5. The Hall–Kier alpha value is -0.980. The topological polar surface area (TPSA) is 78.0 Å². The summed E-state index contributed by atoms with van der Waals surface area (Å²) < 4.78 is 7.22. The highest BCUT2D eigenvalue weighted by Crippen LogP contribution is 2.09. The third-order valence-corrected chi connectivity index (χ3v) is 3.22. The van der Waals surface area contributed by atoms with Gasteiger partial charge in [-0.2, -0.15) is 5.10 Å². The van der Waals surface area contributed by atoms with Gasteiger partial charge in [-0.1, -0.05) is 13.8 Å². The van der Waals surface area contributed by atoms with Crippen molar-refractivity contribution < 1.29 is 4.74 Å². The van der Waals surface area contributed by atoms with Crippen molar-refractivity contribution in [1.29, 1.82) is 0 Å². The van der Waals surface area contributed by atoms with Crippen molar-refractivity contribution in [3.8, 4) is 0 Å². The molecular weight excluding hydrogens is 242 g/mol. The largest absolute Gasteiger partial charge is 0.382 e. The first-order valence-corrected chi connectivity index (χ1v) is 6.92. The highest BCUT2D eigenvalue weighted by molar-refractivity contribution is 4.89. The van der Waals surface area contributed by atoms with Gasteiger partial charge in [0.1, 0.15) is 12.2 Å². The van der Waals surface area contributed by atoms with E-state index in [1.54, 1.807) is 13.4 Å². The van der Waals surface area contributed by atoms with Gasteiger partial charge >= 0.3 is 0 Å². The molecule has 1 rings (SSSR count). The van der Waals surface area contributed by atoms with E-state index in [0.717, 1.165) is 31.6 Å². The Bertz CT molecular complexity index is 353. The maximum absolute atomic E-state index is 5.62. The molecule has 110 valence electrons. The second-order valence-corrected chi connectivity index (χ2v) is 5.44. The Morgan fingerprint density at radius 1 is 1.37 bits per heavy atom. The molecule has 2 atom stereocenters. The van der Waals surface area contributed by atoms with Crippen LogP contribution in [-0.4, -0.2) is 34.0 Å². The van der Waals surface area contributed by atoms with E-state index in [-0.39, 0.29) is 12.1 Å². The Morgan fingerprint density at radius 3 is 2.68 bits per heavy atom. The van der Waals surface area contributed by atoms with Gasteiger partial charge in [0, 0.05) is 26.1 Å². The molecule has 0 aliphatic carbocycles. The first-order chi connectivity index (χ1) is 9.06. The summed E-state index contributed by atoms with van der Waals surface area (Å²) in [6.45, 7) is 7.30. The van der Waals surface area contributed by atoms with E-state index in [1.807, 2.05) is 4.68 Å². The lowest BCUT2D eigenvalue weighted by Crippen LogP contribution is -2.38. The predicted octanol–water partition coefficient (Wildman–Crippen LogP) is 1.12. The molecule has 0 fully saturated rings. The maximum Gasteiger partial charge on any atom is 0.138 e. The summed E-state index contributed by atoms with van der Waals surface area (Å²) in [5, 5.41) is 4.27. The van der Waals surface area contributed by atoms with E-state index in [0.29, 0.717) is 5.92 Å². The van der Waals surface area contributed by atoms with Crippen LogP contribution < -0.4 is 11.3 Å². The monoisotopic (exact) mass is 269 g/mol. The Kier molecular flexibility index (Phi) is 6.97. The van der Waals surface area contributed by atoms with Gasteiger partial charge in [-0.25, -0.2) is 9.67 Å². The van der Waals surface area contributed by atoms with Crippen molar-refractivity contribution in [2.24, 2.45) is 11.8 Å². The number of hydrazine groups is 1. The maximum atomic E-state index is 5.62. The molecule has 3 N–H and O–H groups in total. The van der Waals surface area contributed by atoms with E-state index in [4.69, 9.17) is 10.6 Å². The molecule has 0 bridgehead atoms. The summed E-state index contributed by atoms with van der Waals surface area (Å²) in [6.07, 6.45) is 4.59. The number of nitrogens with two attached hydrogens (primary N) is 1.